The van der Waals surface area contributed by atoms with Gasteiger partial charge < -0.3 is 15.5 Å². The smallest absolute Gasteiger partial charge is 0.220 e. The Morgan fingerprint density at radius 3 is 2.47 bits per heavy atom. The van der Waals surface area contributed by atoms with Gasteiger partial charge in [0.1, 0.15) is 0 Å². The molecule has 0 aromatic heterocycles. The highest BCUT2D eigenvalue weighted by Gasteiger charge is 2.24. The van der Waals surface area contributed by atoms with Crippen LogP contribution in [0.2, 0.25) is 0 Å². The number of hydrogen-bond acceptors (Lipinski definition) is 3. The molecule has 0 aromatic rings. The predicted octanol–water partition coefficient (Wildman–Crippen LogP) is 0.727. The molecule has 0 bridgehead atoms. The third-order valence-electron chi connectivity index (χ3n) is 4.00. The summed E-state index contributed by atoms with van der Waals surface area (Å²) in [5.74, 6) is 0.206. The molecule has 98 valence electrons. The van der Waals surface area contributed by atoms with Gasteiger partial charge in [0.25, 0.3) is 0 Å². The summed E-state index contributed by atoms with van der Waals surface area (Å²) in [5, 5.41) is 6.63. The molecule has 2 rings (SSSR count). The predicted molar refractivity (Wildman–Crippen MR) is 68.9 cm³/mol. The van der Waals surface area contributed by atoms with E-state index in [0.29, 0.717) is 24.5 Å². The van der Waals surface area contributed by atoms with Gasteiger partial charge in [0.05, 0.1) is 0 Å². The molecule has 2 aliphatic heterocycles. The Bertz CT molecular complexity index is 249. The van der Waals surface area contributed by atoms with Gasteiger partial charge in [-0.25, -0.2) is 0 Å². The SMILES string of the molecule is CC(C)N1CCC(NC2CCC(=O)NC2)CC1. The minimum atomic E-state index is 0.206. The van der Waals surface area contributed by atoms with E-state index in [0.717, 1.165) is 13.0 Å². The number of likely N-dealkylation sites (tertiary alicyclic amines) is 1. The average molecular weight is 239 g/mol. The second kappa shape index (κ2) is 5.83. The zero-order valence-corrected chi connectivity index (χ0v) is 11.0. The highest BCUT2D eigenvalue weighted by atomic mass is 16.1. The molecule has 1 unspecified atom stereocenters. The third-order valence-corrected chi connectivity index (χ3v) is 4.00. The van der Waals surface area contributed by atoms with Crippen molar-refractivity contribution in [2.45, 2.75) is 57.7 Å². The van der Waals surface area contributed by atoms with Gasteiger partial charge in [0, 0.05) is 31.1 Å². The summed E-state index contributed by atoms with van der Waals surface area (Å²) in [6.45, 7) is 7.75. The van der Waals surface area contributed by atoms with Crippen molar-refractivity contribution in [2.24, 2.45) is 0 Å². The van der Waals surface area contributed by atoms with Gasteiger partial charge in [-0.2, -0.15) is 0 Å². The number of carbonyl (C=O) groups excluding carboxylic acids is 1. The first-order chi connectivity index (χ1) is 8.15. The Labute approximate surface area is 104 Å². The number of piperidine rings is 2. The molecular formula is C13H25N3O. The van der Waals surface area contributed by atoms with E-state index in [4.69, 9.17) is 0 Å². The first-order valence-corrected chi connectivity index (χ1v) is 6.92. The molecule has 2 fully saturated rings. The summed E-state index contributed by atoms with van der Waals surface area (Å²) in [6.07, 6.45) is 4.16. The molecule has 0 aliphatic carbocycles. The maximum atomic E-state index is 11.1. The van der Waals surface area contributed by atoms with E-state index >= 15 is 0 Å². The van der Waals surface area contributed by atoms with E-state index in [1.807, 2.05) is 0 Å². The lowest BCUT2D eigenvalue weighted by atomic mass is 10.00. The Hall–Kier alpha value is -0.610. The molecule has 1 atom stereocenters. The van der Waals surface area contributed by atoms with Crippen LogP contribution in [0.1, 0.15) is 39.5 Å². The van der Waals surface area contributed by atoms with Gasteiger partial charge in [-0.3, -0.25) is 4.79 Å². The highest BCUT2D eigenvalue weighted by molar-refractivity contribution is 5.76. The van der Waals surface area contributed by atoms with Crippen LogP contribution in [-0.4, -0.2) is 48.6 Å². The molecule has 0 saturated carbocycles. The molecule has 0 aromatic carbocycles. The van der Waals surface area contributed by atoms with Crippen molar-refractivity contribution in [3.63, 3.8) is 0 Å². The number of nitrogens with one attached hydrogen (secondary N) is 2. The Kier molecular flexibility index (Phi) is 4.40. The Morgan fingerprint density at radius 2 is 1.94 bits per heavy atom. The van der Waals surface area contributed by atoms with E-state index < -0.39 is 0 Å². The van der Waals surface area contributed by atoms with E-state index in [2.05, 4.69) is 29.4 Å². The monoisotopic (exact) mass is 239 g/mol. The maximum Gasteiger partial charge on any atom is 0.220 e. The molecule has 2 aliphatic rings. The maximum absolute atomic E-state index is 11.1. The number of rotatable bonds is 3. The fraction of sp³-hybridized carbons (Fsp3) is 0.923. The normalized spacial score (nSPS) is 28.4. The second-order valence-corrected chi connectivity index (χ2v) is 5.61. The molecular weight excluding hydrogens is 214 g/mol. The van der Waals surface area contributed by atoms with Crippen LogP contribution in [0.4, 0.5) is 0 Å². The molecule has 0 radical (unpaired) electrons. The lowest BCUT2D eigenvalue weighted by Crippen LogP contribution is -2.52. The highest BCUT2D eigenvalue weighted by Crippen LogP contribution is 2.14. The summed E-state index contributed by atoms with van der Waals surface area (Å²) in [4.78, 5) is 13.6. The zero-order valence-electron chi connectivity index (χ0n) is 11.0. The van der Waals surface area contributed by atoms with Gasteiger partial charge >= 0.3 is 0 Å². The topological polar surface area (TPSA) is 44.4 Å². The molecule has 0 spiro atoms. The van der Waals surface area contributed by atoms with Gasteiger partial charge in [0.2, 0.25) is 5.91 Å². The number of carbonyl (C=O) groups is 1. The van der Waals surface area contributed by atoms with Crippen molar-refractivity contribution in [3.05, 3.63) is 0 Å². The Balaban J connectivity index is 1.69. The molecule has 2 saturated heterocycles. The number of hydrogen-bond donors (Lipinski definition) is 2. The summed E-state index contributed by atoms with van der Waals surface area (Å²) in [6, 6.07) is 1.80. The van der Waals surface area contributed by atoms with Crippen LogP contribution >= 0.6 is 0 Å². The average Bonchev–Trinajstić information content (AvgIpc) is 2.33. The third kappa shape index (κ3) is 3.68. The van der Waals surface area contributed by atoms with Crippen molar-refractivity contribution in [1.82, 2.24) is 15.5 Å². The van der Waals surface area contributed by atoms with Crippen LogP contribution < -0.4 is 10.6 Å². The van der Waals surface area contributed by atoms with Gasteiger partial charge in [-0.05, 0) is 46.2 Å². The van der Waals surface area contributed by atoms with E-state index in [1.54, 1.807) is 0 Å². The quantitative estimate of drug-likeness (QED) is 0.763. The van der Waals surface area contributed by atoms with Crippen LogP contribution in [0.5, 0.6) is 0 Å². The Morgan fingerprint density at radius 1 is 1.24 bits per heavy atom. The van der Waals surface area contributed by atoms with Crippen LogP contribution in [0.3, 0.4) is 0 Å². The van der Waals surface area contributed by atoms with Crippen LogP contribution in [0.15, 0.2) is 0 Å². The summed E-state index contributed by atoms with van der Waals surface area (Å²) in [5.41, 5.74) is 0. The van der Waals surface area contributed by atoms with E-state index in [-0.39, 0.29) is 5.91 Å². The van der Waals surface area contributed by atoms with E-state index in [9.17, 15) is 4.79 Å². The number of amides is 1. The lowest BCUT2D eigenvalue weighted by Gasteiger charge is -2.37. The first-order valence-electron chi connectivity index (χ1n) is 6.92. The van der Waals surface area contributed by atoms with Gasteiger partial charge in [-0.1, -0.05) is 0 Å². The first kappa shape index (κ1) is 12.8. The van der Waals surface area contributed by atoms with Crippen LogP contribution in [0, 0.1) is 0 Å². The molecule has 17 heavy (non-hydrogen) atoms. The van der Waals surface area contributed by atoms with Crippen LogP contribution in [-0.2, 0) is 4.79 Å². The van der Waals surface area contributed by atoms with E-state index in [1.165, 1.54) is 25.9 Å². The summed E-state index contributed by atoms with van der Waals surface area (Å²) >= 11 is 0. The second-order valence-electron chi connectivity index (χ2n) is 5.61. The van der Waals surface area contributed by atoms with Gasteiger partial charge in [-0.15, -0.1) is 0 Å². The minimum Gasteiger partial charge on any atom is -0.355 e. The largest absolute Gasteiger partial charge is 0.355 e. The van der Waals surface area contributed by atoms with Crippen molar-refractivity contribution in [3.8, 4) is 0 Å². The number of nitrogens with zero attached hydrogens (tertiary/aromatic N) is 1. The molecule has 2 heterocycles. The summed E-state index contributed by atoms with van der Waals surface area (Å²) in [7, 11) is 0. The standard InChI is InChI=1S/C13H25N3O/c1-10(2)16-7-5-11(6-8-16)15-12-3-4-13(17)14-9-12/h10-12,15H,3-9H2,1-2H3,(H,14,17). The lowest BCUT2D eigenvalue weighted by molar-refractivity contribution is -0.122. The fourth-order valence-electron chi connectivity index (χ4n) is 2.79. The minimum absolute atomic E-state index is 0.206. The fourth-order valence-corrected chi connectivity index (χ4v) is 2.79. The van der Waals surface area contributed by atoms with Gasteiger partial charge in [0.15, 0.2) is 0 Å². The van der Waals surface area contributed by atoms with Crippen molar-refractivity contribution in [2.75, 3.05) is 19.6 Å². The molecule has 1 amide bonds. The van der Waals surface area contributed by atoms with Crippen LogP contribution in [0.25, 0.3) is 0 Å². The molecule has 2 N–H and O–H groups in total. The van der Waals surface area contributed by atoms with Crippen molar-refractivity contribution in [1.29, 1.82) is 0 Å². The van der Waals surface area contributed by atoms with Crippen molar-refractivity contribution >= 4 is 5.91 Å². The zero-order chi connectivity index (χ0) is 12.3. The molecule has 4 heteroatoms. The molecule has 4 nitrogen and oxygen atoms in total. The van der Waals surface area contributed by atoms with Crippen molar-refractivity contribution < 1.29 is 4.79 Å². The summed E-state index contributed by atoms with van der Waals surface area (Å²) < 4.78 is 0.